The number of ketones is 1. The number of anilines is 1. The van der Waals surface area contributed by atoms with E-state index in [1.165, 1.54) is 23.0 Å². The molecule has 0 aliphatic carbocycles. The van der Waals surface area contributed by atoms with E-state index in [9.17, 15) is 23.2 Å². The number of fused-ring (bicyclic) bond motifs is 1. The fraction of sp³-hybridized carbons (Fsp3) is 0.435. The number of benzene rings is 1. The number of nitrogens with zero attached hydrogens (tertiary/aromatic N) is 4. The molecular weight excluding hydrogens is 478 g/mol. The number of alkyl halides is 2. The number of aromatic nitrogens is 3. The van der Waals surface area contributed by atoms with Crippen molar-refractivity contribution in [1.29, 1.82) is 0 Å². The monoisotopic (exact) mass is 504 g/mol. The second-order valence-corrected chi connectivity index (χ2v) is 9.30. The minimum atomic E-state index is -2.70. The molecule has 2 aromatic heterocycles. The molecule has 1 aliphatic heterocycles. The van der Waals surface area contributed by atoms with E-state index in [0.29, 0.717) is 17.5 Å². The predicted molar refractivity (Wildman–Crippen MR) is 128 cm³/mol. The van der Waals surface area contributed by atoms with Crippen LogP contribution in [0.3, 0.4) is 0 Å². The molecule has 4 rings (SSSR count). The Morgan fingerprint density at radius 1 is 1.20 bits per heavy atom. The number of nitrogens with one attached hydrogen (secondary N) is 2. The molecule has 2 amide bonds. The summed E-state index contributed by atoms with van der Waals surface area (Å²) in [5, 5.41) is 6.15. The summed E-state index contributed by atoms with van der Waals surface area (Å²) in [6, 6.07) is 7.35. The maximum atomic E-state index is 13.4. The molecule has 0 saturated carbocycles. The van der Waals surface area contributed by atoms with Crippen molar-refractivity contribution in [1.82, 2.24) is 24.1 Å². The van der Waals surface area contributed by atoms with Gasteiger partial charge in [0, 0.05) is 31.4 Å². The van der Waals surface area contributed by atoms with Gasteiger partial charge in [0.05, 0.1) is 23.5 Å². The minimum absolute atomic E-state index is 0.0257. The summed E-state index contributed by atoms with van der Waals surface area (Å²) in [4.78, 5) is 43.8. The minimum Gasteiger partial charge on any atom is -0.348 e. The van der Waals surface area contributed by atoms with Crippen LogP contribution in [0.5, 0.6) is 0 Å². The van der Waals surface area contributed by atoms with Crippen LogP contribution < -0.4 is 10.6 Å². The first-order valence-electron chi connectivity index (χ1n) is 11.3. The SMILES string of the molecule is CCc1c(NC(=O)c2nsc3ccccc23)nc(C(=O)NCCN2CCC(F)(F)C2)n1CC(C)=O. The van der Waals surface area contributed by atoms with Gasteiger partial charge in [0.1, 0.15) is 11.5 Å². The Morgan fingerprint density at radius 2 is 1.97 bits per heavy atom. The van der Waals surface area contributed by atoms with E-state index in [1.807, 2.05) is 25.1 Å². The molecule has 186 valence electrons. The van der Waals surface area contributed by atoms with Crippen LogP contribution in [0.4, 0.5) is 14.6 Å². The number of likely N-dealkylation sites (tertiary alicyclic amines) is 1. The van der Waals surface area contributed by atoms with E-state index in [1.54, 1.807) is 11.0 Å². The molecule has 0 unspecified atom stereocenters. The molecule has 2 N–H and O–H groups in total. The molecule has 0 radical (unpaired) electrons. The van der Waals surface area contributed by atoms with Crippen LogP contribution >= 0.6 is 11.5 Å². The van der Waals surface area contributed by atoms with Crippen LogP contribution in [0, 0.1) is 0 Å². The van der Waals surface area contributed by atoms with Gasteiger partial charge in [-0.25, -0.2) is 13.8 Å². The molecule has 0 spiro atoms. The summed E-state index contributed by atoms with van der Waals surface area (Å²) in [5.74, 6) is -3.75. The number of rotatable bonds is 9. The Labute approximate surface area is 204 Å². The van der Waals surface area contributed by atoms with E-state index in [2.05, 4.69) is 20.0 Å². The summed E-state index contributed by atoms with van der Waals surface area (Å²) in [6.45, 7) is 3.50. The smallest absolute Gasteiger partial charge is 0.287 e. The number of Topliss-reactive ketones (excluding diaryl/α,β-unsaturated/α-hetero) is 1. The number of carbonyl (C=O) groups is 3. The van der Waals surface area contributed by atoms with Crippen molar-refractivity contribution in [3.8, 4) is 0 Å². The van der Waals surface area contributed by atoms with Crippen molar-refractivity contribution >= 4 is 45.0 Å². The summed E-state index contributed by atoms with van der Waals surface area (Å²) in [6.07, 6.45) is 0.213. The van der Waals surface area contributed by atoms with Crippen molar-refractivity contribution in [2.24, 2.45) is 0 Å². The molecule has 3 heterocycles. The van der Waals surface area contributed by atoms with E-state index >= 15 is 0 Å². The molecule has 1 saturated heterocycles. The molecule has 12 heteroatoms. The van der Waals surface area contributed by atoms with Gasteiger partial charge in [0.25, 0.3) is 17.7 Å². The topological polar surface area (TPSA) is 109 Å². The first-order chi connectivity index (χ1) is 16.7. The molecule has 0 atom stereocenters. The molecule has 1 fully saturated rings. The summed E-state index contributed by atoms with van der Waals surface area (Å²) >= 11 is 1.21. The van der Waals surface area contributed by atoms with Crippen molar-refractivity contribution < 1.29 is 23.2 Å². The Morgan fingerprint density at radius 3 is 2.66 bits per heavy atom. The molecule has 35 heavy (non-hydrogen) atoms. The number of amides is 2. The highest BCUT2D eigenvalue weighted by molar-refractivity contribution is 7.13. The zero-order chi connectivity index (χ0) is 25.2. The van der Waals surface area contributed by atoms with Gasteiger partial charge in [-0.3, -0.25) is 19.3 Å². The molecule has 0 bridgehead atoms. The van der Waals surface area contributed by atoms with Gasteiger partial charge in [0.2, 0.25) is 5.82 Å². The Balaban J connectivity index is 1.53. The fourth-order valence-corrected chi connectivity index (χ4v) is 4.91. The van der Waals surface area contributed by atoms with Crippen LogP contribution in [0.15, 0.2) is 24.3 Å². The Bertz CT molecular complexity index is 1270. The third-order valence-electron chi connectivity index (χ3n) is 5.78. The molecule has 1 aromatic carbocycles. The van der Waals surface area contributed by atoms with Gasteiger partial charge in [-0.05, 0) is 30.9 Å². The van der Waals surface area contributed by atoms with Crippen molar-refractivity contribution in [2.45, 2.75) is 39.2 Å². The van der Waals surface area contributed by atoms with Gasteiger partial charge in [0.15, 0.2) is 5.82 Å². The maximum Gasteiger partial charge on any atom is 0.287 e. The number of carbonyl (C=O) groups excluding carboxylic acids is 3. The van der Waals surface area contributed by atoms with Gasteiger partial charge >= 0.3 is 0 Å². The maximum absolute atomic E-state index is 13.4. The lowest BCUT2D eigenvalue weighted by Crippen LogP contribution is -2.36. The third-order valence-corrected chi connectivity index (χ3v) is 6.60. The summed E-state index contributed by atoms with van der Waals surface area (Å²) < 4.78 is 33.4. The second-order valence-electron chi connectivity index (χ2n) is 8.49. The van der Waals surface area contributed by atoms with Crippen LogP contribution in [-0.2, 0) is 17.8 Å². The largest absolute Gasteiger partial charge is 0.348 e. The van der Waals surface area contributed by atoms with Crippen molar-refractivity contribution in [3.05, 3.63) is 41.5 Å². The van der Waals surface area contributed by atoms with Gasteiger partial charge in [-0.15, -0.1) is 0 Å². The van der Waals surface area contributed by atoms with Gasteiger partial charge in [-0.2, -0.15) is 4.37 Å². The second kappa shape index (κ2) is 10.2. The lowest BCUT2D eigenvalue weighted by Gasteiger charge is -2.16. The average molecular weight is 505 g/mol. The zero-order valence-electron chi connectivity index (χ0n) is 19.4. The number of hydrogen-bond acceptors (Lipinski definition) is 7. The highest BCUT2D eigenvalue weighted by atomic mass is 32.1. The third kappa shape index (κ3) is 5.54. The fourth-order valence-electron chi connectivity index (χ4n) is 4.13. The number of imidazole rings is 1. The lowest BCUT2D eigenvalue weighted by atomic mass is 10.2. The number of halogens is 2. The molecule has 9 nitrogen and oxygen atoms in total. The predicted octanol–water partition coefficient (Wildman–Crippen LogP) is 2.97. The van der Waals surface area contributed by atoms with Crippen molar-refractivity contribution in [3.63, 3.8) is 0 Å². The zero-order valence-corrected chi connectivity index (χ0v) is 20.3. The lowest BCUT2D eigenvalue weighted by molar-refractivity contribution is -0.117. The van der Waals surface area contributed by atoms with Gasteiger partial charge in [-0.1, -0.05) is 25.1 Å². The van der Waals surface area contributed by atoms with Gasteiger partial charge < -0.3 is 15.2 Å². The van der Waals surface area contributed by atoms with E-state index < -0.39 is 17.7 Å². The highest BCUT2D eigenvalue weighted by Gasteiger charge is 2.37. The number of hydrogen-bond donors (Lipinski definition) is 2. The van der Waals surface area contributed by atoms with Crippen LogP contribution in [-0.4, -0.2) is 68.5 Å². The summed E-state index contributed by atoms with van der Waals surface area (Å²) in [5.41, 5.74) is 0.777. The average Bonchev–Trinajstić information content (AvgIpc) is 3.48. The molecule has 3 aromatic rings. The van der Waals surface area contributed by atoms with Crippen LogP contribution in [0.25, 0.3) is 10.1 Å². The first-order valence-corrected chi connectivity index (χ1v) is 12.1. The standard InChI is InChI=1S/C23H26F2N6O3S/c1-3-16-19(28-21(33)18-15-6-4-5-7-17(15)35-29-18)27-20(31(16)12-14(2)32)22(34)26-9-11-30-10-8-23(24,25)13-30/h4-7H,3,8-13H2,1-2H3,(H,26,34)(H,28,33). The quantitative estimate of drug-likeness (QED) is 0.464. The van der Waals surface area contributed by atoms with E-state index in [0.717, 1.165) is 4.70 Å². The Hall–Kier alpha value is -3.25. The summed E-state index contributed by atoms with van der Waals surface area (Å²) in [7, 11) is 0. The van der Waals surface area contributed by atoms with E-state index in [-0.39, 0.29) is 62.3 Å². The highest BCUT2D eigenvalue weighted by Crippen LogP contribution is 2.27. The van der Waals surface area contributed by atoms with Crippen LogP contribution in [0.2, 0.25) is 0 Å². The Kier molecular flexibility index (Phi) is 7.22. The van der Waals surface area contributed by atoms with Crippen LogP contribution in [0.1, 0.15) is 47.1 Å². The molecule has 1 aliphatic rings. The molecular formula is C23H26F2N6O3S. The van der Waals surface area contributed by atoms with E-state index in [4.69, 9.17) is 0 Å². The first kappa shape index (κ1) is 24.9. The van der Waals surface area contributed by atoms with Crippen molar-refractivity contribution in [2.75, 3.05) is 31.5 Å². The normalized spacial score (nSPS) is 15.4.